The van der Waals surface area contributed by atoms with Gasteiger partial charge >= 0.3 is 5.97 Å². The Hall–Kier alpha value is -3.72. The zero-order chi connectivity index (χ0) is 25.5. The van der Waals surface area contributed by atoms with Gasteiger partial charge in [0.05, 0.1) is 24.1 Å². The molecule has 1 aliphatic heterocycles. The minimum Gasteiger partial charge on any atom is -0.466 e. The van der Waals surface area contributed by atoms with Crippen LogP contribution in [0.15, 0.2) is 53.3 Å². The lowest BCUT2D eigenvalue weighted by atomic mass is 10.1. The van der Waals surface area contributed by atoms with E-state index in [0.717, 1.165) is 26.2 Å². The van der Waals surface area contributed by atoms with Gasteiger partial charge in [0, 0.05) is 50.2 Å². The number of hydrogen-bond acceptors (Lipinski definition) is 7. The third-order valence-electron chi connectivity index (χ3n) is 6.41. The summed E-state index contributed by atoms with van der Waals surface area (Å²) in [6.07, 6.45) is 0.291. The highest BCUT2D eigenvalue weighted by molar-refractivity contribution is 5.87. The van der Waals surface area contributed by atoms with Crippen molar-refractivity contribution < 1.29 is 14.3 Å². The van der Waals surface area contributed by atoms with Crippen molar-refractivity contribution in [3.8, 4) is 0 Å². The average Bonchev–Trinajstić information content (AvgIpc) is 2.89. The summed E-state index contributed by atoms with van der Waals surface area (Å²) in [5.41, 5.74) is 2.61. The topological polar surface area (TPSA) is 96.8 Å². The fourth-order valence-corrected chi connectivity index (χ4v) is 4.39. The first-order valence-corrected chi connectivity index (χ1v) is 12.4. The minimum atomic E-state index is -0.410. The molecule has 0 saturated carbocycles. The number of nitrogens with zero attached hydrogens (tertiary/aromatic N) is 4. The summed E-state index contributed by atoms with van der Waals surface area (Å²) >= 11 is 0. The minimum absolute atomic E-state index is 0.0445. The van der Waals surface area contributed by atoms with Crippen molar-refractivity contribution in [2.45, 2.75) is 33.4 Å². The van der Waals surface area contributed by atoms with Crippen LogP contribution in [0.5, 0.6) is 0 Å². The molecule has 1 aromatic heterocycles. The highest BCUT2D eigenvalue weighted by Crippen LogP contribution is 2.17. The molecule has 1 aliphatic rings. The van der Waals surface area contributed by atoms with E-state index >= 15 is 0 Å². The Morgan fingerprint density at radius 1 is 1.00 bits per heavy atom. The molecule has 4 rings (SSSR count). The Kier molecular flexibility index (Phi) is 8.32. The number of rotatable bonds is 9. The molecule has 0 radical (unpaired) electrons. The summed E-state index contributed by atoms with van der Waals surface area (Å²) in [6.45, 7) is 8.32. The molecule has 0 bridgehead atoms. The van der Waals surface area contributed by atoms with Gasteiger partial charge in [0.25, 0.3) is 5.56 Å². The summed E-state index contributed by atoms with van der Waals surface area (Å²) in [5.74, 6) is -0.559. The summed E-state index contributed by atoms with van der Waals surface area (Å²) in [5, 5.41) is 8.22. The van der Waals surface area contributed by atoms with Crippen LogP contribution in [0.25, 0.3) is 10.8 Å². The number of esters is 1. The van der Waals surface area contributed by atoms with Crippen LogP contribution in [-0.2, 0) is 27.4 Å². The van der Waals surface area contributed by atoms with Gasteiger partial charge in [-0.25, -0.2) is 4.68 Å². The van der Waals surface area contributed by atoms with E-state index in [1.807, 2.05) is 0 Å². The first-order valence-electron chi connectivity index (χ1n) is 12.4. The van der Waals surface area contributed by atoms with Crippen molar-refractivity contribution in [1.29, 1.82) is 0 Å². The van der Waals surface area contributed by atoms with Gasteiger partial charge < -0.3 is 15.0 Å². The molecule has 0 spiro atoms. The SMILES string of the molecule is CCOC(=O)Cc1nn(CNC(=O)CCN2CCN(c3ccc(C)cc3)CC2)c(=O)c2ccccc12. The number of hydrogen-bond donors (Lipinski definition) is 1. The van der Waals surface area contributed by atoms with Crippen LogP contribution in [0.3, 0.4) is 0 Å². The van der Waals surface area contributed by atoms with E-state index in [9.17, 15) is 14.4 Å². The summed E-state index contributed by atoms with van der Waals surface area (Å²) in [4.78, 5) is 42.1. The van der Waals surface area contributed by atoms with Crippen molar-refractivity contribution in [3.05, 3.63) is 70.1 Å². The Labute approximate surface area is 210 Å². The average molecular weight is 492 g/mol. The molecule has 2 heterocycles. The lowest BCUT2D eigenvalue weighted by Gasteiger charge is -2.36. The Morgan fingerprint density at radius 2 is 1.69 bits per heavy atom. The van der Waals surface area contributed by atoms with E-state index in [4.69, 9.17) is 4.74 Å². The number of carbonyl (C=O) groups excluding carboxylic acids is 2. The van der Waals surface area contributed by atoms with E-state index in [0.29, 0.717) is 29.4 Å². The van der Waals surface area contributed by atoms with E-state index in [1.54, 1.807) is 31.2 Å². The first kappa shape index (κ1) is 25.4. The monoisotopic (exact) mass is 491 g/mol. The van der Waals surface area contributed by atoms with Gasteiger partial charge in [-0.3, -0.25) is 19.3 Å². The Bertz CT molecular complexity index is 1260. The van der Waals surface area contributed by atoms with Crippen LogP contribution in [0.1, 0.15) is 24.6 Å². The molecule has 1 saturated heterocycles. The number of amides is 1. The van der Waals surface area contributed by atoms with Crippen LogP contribution >= 0.6 is 0 Å². The predicted molar refractivity (Wildman–Crippen MR) is 139 cm³/mol. The first-order chi connectivity index (χ1) is 17.4. The van der Waals surface area contributed by atoms with Crippen LogP contribution in [0.4, 0.5) is 5.69 Å². The van der Waals surface area contributed by atoms with Crippen molar-refractivity contribution in [2.75, 3.05) is 44.2 Å². The second-order valence-electron chi connectivity index (χ2n) is 8.95. The summed E-state index contributed by atoms with van der Waals surface area (Å²) in [6, 6.07) is 15.6. The molecule has 1 fully saturated rings. The van der Waals surface area contributed by atoms with Crippen LogP contribution in [0.2, 0.25) is 0 Å². The number of aryl methyl sites for hydroxylation is 1. The van der Waals surface area contributed by atoms with Crippen molar-refractivity contribution >= 4 is 28.3 Å². The van der Waals surface area contributed by atoms with Gasteiger partial charge in [0.2, 0.25) is 5.91 Å². The highest BCUT2D eigenvalue weighted by atomic mass is 16.5. The molecule has 0 unspecified atom stereocenters. The fourth-order valence-electron chi connectivity index (χ4n) is 4.39. The number of piperazine rings is 1. The molecule has 0 aliphatic carbocycles. The maximum Gasteiger partial charge on any atom is 0.311 e. The van der Waals surface area contributed by atoms with Gasteiger partial charge in [0.1, 0.15) is 6.67 Å². The second-order valence-corrected chi connectivity index (χ2v) is 8.95. The third-order valence-corrected chi connectivity index (χ3v) is 6.41. The normalized spacial score (nSPS) is 14.1. The predicted octanol–water partition coefficient (Wildman–Crippen LogP) is 2.10. The quantitative estimate of drug-likeness (QED) is 0.458. The number of benzene rings is 2. The molecule has 1 amide bonds. The van der Waals surface area contributed by atoms with Gasteiger partial charge in [-0.05, 0) is 32.0 Å². The van der Waals surface area contributed by atoms with Crippen molar-refractivity contribution in [1.82, 2.24) is 20.0 Å². The second kappa shape index (κ2) is 11.8. The summed E-state index contributed by atoms with van der Waals surface area (Å²) < 4.78 is 6.25. The smallest absolute Gasteiger partial charge is 0.311 e. The maximum atomic E-state index is 12.9. The zero-order valence-corrected chi connectivity index (χ0v) is 20.9. The molecule has 190 valence electrons. The number of anilines is 1. The van der Waals surface area contributed by atoms with Gasteiger partial charge in [0.15, 0.2) is 0 Å². The van der Waals surface area contributed by atoms with E-state index < -0.39 is 5.97 Å². The van der Waals surface area contributed by atoms with Crippen LogP contribution < -0.4 is 15.8 Å². The molecular weight excluding hydrogens is 458 g/mol. The zero-order valence-electron chi connectivity index (χ0n) is 20.9. The maximum absolute atomic E-state index is 12.9. The van der Waals surface area contributed by atoms with Crippen molar-refractivity contribution in [2.24, 2.45) is 0 Å². The molecular formula is C27H33N5O4. The Morgan fingerprint density at radius 3 is 2.39 bits per heavy atom. The molecule has 36 heavy (non-hydrogen) atoms. The van der Waals surface area contributed by atoms with E-state index in [1.165, 1.54) is 15.9 Å². The van der Waals surface area contributed by atoms with Crippen LogP contribution in [0, 0.1) is 6.92 Å². The lowest BCUT2D eigenvalue weighted by Crippen LogP contribution is -2.47. The number of aromatic nitrogens is 2. The van der Waals surface area contributed by atoms with Gasteiger partial charge in [-0.1, -0.05) is 35.9 Å². The fraction of sp³-hybridized carbons (Fsp3) is 0.407. The van der Waals surface area contributed by atoms with E-state index in [2.05, 4.69) is 51.4 Å². The van der Waals surface area contributed by atoms with Crippen LogP contribution in [-0.4, -0.2) is 65.9 Å². The highest BCUT2D eigenvalue weighted by Gasteiger charge is 2.18. The Balaban J connectivity index is 1.31. The van der Waals surface area contributed by atoms with Crippen molar-refractivity contribution in [3.63, 3.8) is 0 Å². The number of carbonyl (C=O) groups is 2. The molecule has 1 N–H and O–H groups in total. The number of ether oxygens (including phenoxy) is 1. The largest absolute Gasteiger partial charge is 0.466 e. The number of fused-ring (bicyclic) bond motifs is 1. The van der Waals surface area contributed by atoms with Gasteiger partial charge in [-0.2, -0.15) is 5.10 Å². The van der Waals surface area contributed by atoms with Gasteiger partial charge in [-0.15, -0.1) is 0 Å². The standard InChI is InChI=1S/C27H33N5O4/c1-3-36-26(34)18-24-22-6-4-5-7-23(22)27(35)32(29-24)19-28-25(33)12-13-30-14-16-31(17-15-30)21-10-8-20(2)9-11-21/h4-11H,3,12-19H2,1-2H3,(H,28,33). The summed E-state index contributed by atoms with van der Waals surface area (Å²) in [7, 11) is 0. The number of nitrogens with one attached hydrogen (secondary N) is 1. The van der Waals surface area contributed by atoms with E-state index in [-0.39, 0.29) is 31.2 Å². The third kappa shape index (κ3) is 6.28. The molecule has 9 nitrogen and oxygen atoms in total. The molecule has 2 aromatic carbocycles. The molecule has 9 heteroatoms. The molecule has 0 atom stereocenters. The molecule has 3 aromatic rings. The lowest BCUT2D eigenvalue weighted by molar-refractivity contribution is -0.142.